The van der Waals surface area contributed by atoms with E-state index in [-0.39, 0.29) is 10.8 Å². The maximum absolute atomic E-state index is 12.8. The van der Waals surface area contributed by atoms with Crippen molar-refractivity contribution in [2.24, 2.45) is 7.05 Å². The molecule has 1 aliphatic rings. The van der Waals surface area contributed by atoms with Crippen LogP contribution >= 0.6 is 0 Å². The van der Waals surface area contributed by atoms with Crippen molar-refractivity contribution in [3.8, 4) is 5.75 Å². The average molecular weight is 420 g/mol. The minimum Gasteiger partial charge on any atom is -0.497 e. The Kier molecular flexibility index (Phi) is 6.97. The fourth-order valence-electron chi connectivity index (χ4n) is 3.53. The molecule has 0 aliphatic carbocycles. The number of nitrogens with zero attached hydrogens (tertiary/aromatic N) is 2. The summed E-state index contributed by atoms with van der Waals surface area (Å²) in [6, 6.07) is 9.33. The van der Waals surface area contributed by atoms with Crippen LogP contribution in [-0.4, -0.2) is 49.9 Å². The van der Waals surface area contributed by atoms with Crippen LogP contribution in [0.2, 0.25) is 0 Å². The number of methoxy groups -OCH3 is 1. The fraction of sp³-hybridized carbons (Fsp3) is 0.476. The lowest BCUT2D eigenvalue weighted by atomic mass is 10.1. The molecule has 0 bridgehead atoms. The molecule has 29 heavy (non-hydrogen) atoms. The van der Waals surface area contributed by atoms with Crippen molar-refractivity contribution in [3.05, 3.63) is 47.8 Å². The number of piperidine rings is 1. The van der Waals surface area contributed by atoms with Gasteiger partial charge in [0.15, 0.2) is 0 Å². The van der Waals surface area contributed by atoms with E-state index in [1.807, 2.05) is 24.3 Å². The summed E-state index contributed by atoms with van der Waals surface area (Å²) in [6.45, 7) is 1.61. The van der Waals surface area contributed by atoms with Gasteiger partial charge >= 0.3 is 0 Å². The molecular weight excluding hydrogens is 390 g/mol. The third-order valence-corrected chi connectivity index (χ3v) is 7.12. The highest BCUT2D eigenvalue weighted by atomic mass is 32.2. The standard InChI is InChI=1S/C21H29N3O4S/c1-23-16-19(29(26,27)24-13-4-3-5-14-24)15-20(23)21(25)22-12-6-7-17-8-10-18(28-2)11-9-17/h8-11,15-16H,3-7,12-14H2,1-2H3,(H,22,25). The number of rotatable bonds is 8. The molecule has 0 spiro atoms. The molecule has 7 nitrogen and oxygen atoms in total. The largest absolute Gasteiger partial charge is 0.497 e. The number of aryl methyl sites for hydroxylation is 2. The molecule has 1 fully saturated rings. The Morgan fingerprint density at radius 1 is 1.14 bits per heavy atom. The number of carbonyl (C=O) groups is 1. The summed E-state index contributed by atoms with van der Waals surface area (Å²) < 4.78 is 33.9. The number of nitrogens with one attached hydrogen (secondary N) is 1. The normalized spacial score (nSPS) is 15.2. The summed E-state index contributed by atoms with van der Waals surface area (Å²) in [7, 11) is -0.210. The molecule has 0 unspecified atom stereocenters. The predicted octanol–water partition coefficient (Wildman–Crippen LogP) is 2.57. The van der Waals surface area contributed by atoms with Crippen LogP contribution in [0.3, 0.4) is 0 Å². The molecule has 1 saturated heterocycles. The number of amides is 1. The van der Waals surface area contributed by atoms with E-state index in [0.29, 0.717) is 25.3 Å². The highest BCUT2D eigenvalue weighted by molar-refractivity contribution is 7.89. The first-order valence-electron chi connectivity index (χ1n) is 9.99. The zero-order valence-corrected chi connectivity index (χ0v) is 17.9. The molecule has 1 aliphatic heterocycles. The highest BCUT2D eigenvalue weighted by Crippen LogP contribution is 2.22. The lowest BCUT2D eigenvalue weighted by molar-refractivity contribution is 0.0945. The molecule has 8 heteroatoms. The van der Waals surface area contributed by atoms with Crippen molar-refractivity contribution < 1.29 is 17.9 Å². The molecule has 3 rings (SSSR count). The second-order valence-corrected chi connectivity index (χ2v) is 9.28. The van der Waals surface area contributed by atoms with E-state index in [4.69, 9.17) is 4.74 Å². The van der Waals surface area contributed by atoms with Gasteiger partial charge in [0.2, 0.25) is 10.0 Å². The van der Waals surface area contributed by atoms with Crippen LogP contribution in [0.25, 0.3) is 0 Å². The first-order valence-corrected chi connectivity index (χ1v) is 11.4. The minimum absolute atomic E-state index is 0.185. The van der Waals surface area contributed by atoms with Crippen molar-refractivity contribution in [1.82, 2.24) is 14.2 Å². The van der Waals surface area contributed by atoms with Gasteiger partial charge in [0.05, 0.1) is 7.11 Å². The van der Waals surface area contributed by atoms with Gasteiger partial charge in [-0.3, -0.25) is 4.79 Å². The molecule has 1 aromatic heterocycles. The molecular formula is C21H29N3O4S. The number of sulfonamides is 1. The molecule has 1 aromatic carbocycles. The first-order chi connectivity index (χ1) is 13.9. The maximum atomic E-state index is 12.8. The van der Waals surface area contributed by atoms with E-state index in [9.17, 15) is 13.2 Å². The van der Waals surface area contributed by atoms with E-state index in [2.05, 4.69) is 5.32 Å². The summed E-state index contributed by atoms with van der Waals surface area (Å²) in [5.74, 6) is 0.559. The van der Waals surface area contributed by atoms with Crippen LogP contribution in [0.15, 0.2) is 41.4 Å². The van der Waals surface area contributed by atoms with Crippen molar-refractivity contribution >= 4 is 15.9 Å². The zero-order chi connectivity index (χ0) is 20.9. The van der Waals surface area contributed by atoms with E-state index >= 15 is 0 Å². The molecule has 1 amide bonds. The second-order valence-electron chi connectivity index (χ2n) is 7.34. The molecule has 2 aromatic rings. The molecule has 1 N–H and O–H groups in total. The zero-order valence-electron chi connectivity index (χ0n) is 17.1. The Bertz CT molecular complexity index is 929. The summed E-state index contributed by atoms with van der Waals surface area (Å²) >= 11 is 0. The molecule has 0 saturated carbocycles. The number of ether oxygens (including phenoxy) is 1. The quantitative estimate of drug-likeness (QED) is 0.667. The maximum Gasteiger partial charge on any atom is 0.267 e. The monoisotopic (exact) mass is 419 g/mol. The number of hydrogen-bond donors (Lipinski definition) is 1. The Morgan fingerprint density at radius 2 is 1.83 bits per heavy atom. The van der Waals surface area contributed by atoms with Gasteiger partial charge in [-0.05, 0) is 49.4 Å². The molecule has 158 valence electrons. The van der Waals surface area contributed by atoms with Gasteiger partial charge in [-0.2, -0.15) is 4.31 Å². The van der Waals surface area contributed by atoms with Crippen molar-refractivity contribution in [1.29, 1.82) is 0 Å². The Balaban J connectivity index is 1.55. The predicted molar refractivity (Wildman–Crippen MR) is 112 cm³/mol. The van der Waals surface area contributed by atoms with Crippen molar-refractivity contribution in [2.45, 2.75) is 37.0 Å². The van der Waals surface area contributed by atoms with Gasteiger partial charge in [0.25, 0.3) is 5.91 Å². The highest BCUT2D eigenvalue weighted by Gasteiger charge is 2.28. The van der Waals surface area contributed by atoms with Crippen LogP contribution in [0.5, 0.6) is 5.75 Å². The van der Waals surface area contributed by atoms with E-state index in [1.54, 1.807) is 18.7 Å². The van der Waals surface area contributed by atoms with Gasteiger partial charge in [0, 0.05) is 32.9 Å². The topological polar surface area (TPSA) is 80.6 Å². The Hall–Kier alpha value is -2.32. The van der Waals surface area contributed by atoms with E-state index in [1.165, 1.54) is 22.1 Å². The summed E-state index contributed by atoms with van der Waals surface area (Å²) in [6.07, 6.45) is 5.98. The third kappa shape index (κ3) is 5.19. The van der Waals surface area contributed by atoms with Crippen LogP contribution < -0.4 is 10.1 Å². The van der Waals surface area contributed by atoms with Gasteiger partial charge in [0.1, 0.15) is 16.3 Å². The van der Waals surface area contributed by atoms with Crippen LogP contribution in [0, 0.1) is 0 Å². The van der Waals surface area contributed by atoms with Gasteiger partial charge in [-0.1, -0.05) is 18.6 Å². The van der Waals surface area contributed by atoms with Crippen molar-refractivity contribution in [3.63, 3.8) is 0 Å². The summed E-state index contributed by atoms with van der Waals surface area (Å²) in [4.78, 5) is 12.7. The van der Waals surface area contributed by atoms with E-state index in [0.717, 1.165) is 37.9 Å². The smallest absolute Gasteiger partial charge is 0.267 e. The fourth-order valence-corrected chi connectivity index (χ4v) is 5.12. The summed E-state index contributed by atoms with van der Waals surface area (Å²) in [5.41, 5.74) is 1.53. The summed E-state index contributed by atoms with van der Waals surface area (Å²) in [5, 5.41) is 2.88. The molecule has 2 heterocycles. The minimum atomic E-state index is -3.54. The first kappa shape index (κ1) is 21.4. The lowest BCUT2D eigenvalue weighted by Crippen LogP contribution is -2.35. The lowest BCUT2D eigenvalue weighted by Gasteiger charge is -2.25. The second kappa shape index (κ2) is 9.45. The number of aromatic nitrogens is 1. The van der Waals surface area contributed by atoms with Gasteiger partial charge < -0.3 is 14.6 Å². The van der Waals surface area contributed by atoms with Crippen LogP contribution in [0.4, 0.5) is 0 Å². The Labute approximate surface area is 172 Å². The SMILES string of the molecule is COc1ccc(CCCNC(=O)c2cc(S(=O)(=O)N3CCCCC3)cn2C)cc1. The Morgan fingerprint density at radius 3 is 2.48 bits per heavy atom. The third-order valence-electron chi connectivity index (χ3n) is 5.25. The number of benzene rings is 1. The van der Waals surface area contributed by atoms with Crippen LogP contribution in [-0.2, 0) is 23.5 Å². The van der Waals surface area contributed by atoms with Gasteiger partial charge in [-0.15, -0.1) is 0 Å². The average Bonchev–Trinajstić information content (AvgIpc) is 3.14. The van der Waals surface area contributed by atoms with Crippen molar-refractivity contribution in [2.75, 3.05) is 26.7 Å². The molecule has 0 radical (unpaired) electrons. The number of hydrogen-bond acceptors (Lipinski definition) is 4. The van der Waals surface area contributed by atoms with Crippen LogP contribution in [0.1, 0.15) is 41.7 Å². The molecule has 0 atom stereocenters. The number of carbonyl (C=O) groups excluding carboxylic acids is 1. The van der Waals surface area contributed by atoms with E-state index < -0.39 is 10.0 Å². The van der Waals surface area contributed by atoms with Gasteiger partial charge in [-0.25, -0.2) is 8.42 Å².